The molecule has 1 heteroatoms. The molecule has 0 atom stereocenters. The second kappa shape index (κ2) is 14.8. The molecule has 21 heavy (non-hydrogen) atoms. The lowest BCUT2D eigenvalue weighted by atomic mass is 10.0. The number of thiol groups is 1. The molecular weight excluding hydrogens is 272 g/mol. The Labute approximate surface area is 138 Å². The molecule has 0 fully saturated rings. The highest BCUT2D eigenvalue weighted by Gasteiger charge is 1.99. The molecule has 0 aromatic carbocycles. The first-order valence-electron chi connectivity index (χ1n) is 9.39. The molecule has 1 rings (SSSR count). The highest BCUT2D eigenvalue weighted by molar-refractivity contribution is 7.80. The first-order chi connectivity index (χ1) is 10.4. The van der Waals surface area contributed by atoms with Crippen molar-refractivity contribution in [3.63, 3.8) is 0 Å². The van der Waals surface area contributed by atoms with Gasteiger partial charge < -0.3 is 0 Å². The Hall–Kier alpha value is -0.170. The summed E-state index contributed by atoms with van der Waals surface area (Å²) in [6.07, 6.45) is 27.9. The zero-order valence-electron chi connectivity index (χ0n) is 14.0. The minimum Gasteiger partial charge on any atom is -0.179 e. The Morgan fingerprint density at radius 2 is 1.14 bits per heavy atom. The van der Waals surface area contributed by atoms with E-state index >= 15 is 0 Å². The molecule has 0 spiro atoms. The van der Waals surface area contributed by atoms with Gasteiger partial charge in [0.1, 0.15) is 0 Å². The van der Waals surface area contributed by atoms with Gasteiger partial charge in [0.05, 0.1) is 0 Å². The summed E-state index contributed by atoms with van der Waals surface area (Å²) in [5.74, 6) is 1.06. The van der Waals surface area contributed by atoms with Crippen molar-refractivity contribution in [3.05, 3.63) is 23.8 Å². The van der Waals surface area contributed by atoms with E-state index < -0.39 is 0 Å². The SMILES string of the molecule is SCCCCCCCCCCCCCCCC1=CC=CC1. The van der Waals surface area contributed by atoms with Crippen LogP contribution in [0.4, 0.5) is 0 Å². The molecule has 0 saturated carbocycles. The van der Waals surface area contributed by atoms with Gasteiger partial charge in [-0.3, -0.25) is 0 Å². The molecule has 0 bridgehead atoms. The highest BCUT2D eigenvalue weighted by atomic mass is 32.1. The molecule has 0 N–H and O–H groups in total. The van der Waals surface area contributed by atoms with Gasteiger partial charge in [-0.15, -0.1) is 0 Å². The zero-order chi connectivity index (χ0) is 15.0. The van der Waals surface area contributed by atoms with Gasteiger partial charge >= 0.3 is 0 Å². The maximum atomic E-state index is 4.25. The van der Waals surface area contributed by atoms with Gasteiger partial charge in [0.2, 0.25) is 0 Å². The summed E-state index contributed by atoms with van der Waals surface area (Å²) in [4.78, 5) is 0. The lowest BCUT2D eigenvalue weighted by Gasteiger charge is -2.04. The number of hydrogen-bond donors (Lipinski definition) is 1. The predicted octanol–water partition coefficient (Wildman–Crippen LogP) is 7.26. The normalized spacial score (nSPS) is 13.9. The van der Waals surface area contributed by atoms with Crippen molar-refractivity contribution in [2.45, 2.75) is 96.3 Å². The summed E-state index contributed by atoms with van der Waals surface area (Å²) in [6.45, 7) is 0. The van der Waals surface area contributed by atoms with Gasteiger partial charge in [0, 0.05) is 0 Å². The number of unbranched alkanes of at least 4 members (excludes halogenated alkanes) is 12. The van der Waals surface area contributed by atoms with E-state index in [1.807, 2.05) is 0 Å². The lowest BCUT2D eigenvalue weighted by Crippen LogP contribution is -1.84. The molecule has 122 valence electrons. The molecule has 0 radical (unpaired) electrons. The van der Waals surface area contributed by atoms with Crippen LogP contribution in [0.5, 0.6) is 0 Å². The molecule has 0 saturated heterocycles. The van der Waals surface area contributed by atoms with Crippen molar-refractivity contribution in [1.82, 2.24) is 0 Å². The van der Waals surface area contributed by atoms with Crippen LogP contribution in [0.3, 0.4) is 0 Å². The standard InChI is InChI=1S/C20H36S/c21-19-15-11-9-7-5-3-1-2-4-6-8-10-12-16-20-17-13-14-18-20/h13-14,17,21H,1-12,15-16,18-19H2. The Balaban J connectivity index is 1.67. The van der Waals surface area contributed by atoms with Crippen LogP contribution in [0.15, 0.2) is 23.8 Å². The predicted molar refractivity (Wildman–Crippen MR) is 100 cm³/mol. The van der Waals surface area contributed by atoms with E-state index in [1.54, 1.807) is 5.57 Å². The smallest absolute Gasteiger partial charge is 0.00979 e. The van der Waals surface area contributed by atoms with E-state index in [0.717, 1.165) is 5.75 Å². The van der Waals surface area contributed by atoms with E-state index in [-0.39, 0.29) is 0 Å². The molecule has 1 aliphatic carbocycles. The molecule has 0 unspecified atom stereocenters. The lowest BCUT2D eigenvalue weighted by molar-refractivity contribution is 0.539. The average Bonchev–Trinajstić information content (AvgIpc) is 3.01. The zero-order valence-corrected chi connectivity index (χ0v) is 14.9. The maximum Gasteiger partial charge on any atom is -0.00979 e. The molecule has 0 aliphatic heterocycles. The van der Waals surface area contributed by atoms with Gasteiger partial charge in [0.15, 0.2) is 0 Å². The fraction of sp³-hybridized carbons (Fsp3) is 0.800. The third-order valence-electron chi connectivity index (χ3n) is 4.50. The van der Waals surface area contributed by atoms with Crippen LogP contribution in [0.1, 0.15) is 96.3 Å². The summed E-state index contributed by atoms with van der Waals surface area (Å²) >= 11 is 4.25. The Morgan fingerprint density at radius 3 is 1.57 bits per heavy atom. The van der Waals surface area contributed by atoms with E-state index in [2.05, 4.69) is 30.9 Å². The van der Waals surface area contributed by atoms with Gasteiger partial charge in [-0.2, -0.15) is 12.6 Å². The molecule has 0 heterocycles. The van der Waals surface area contributed by atoms with Crippen molar-refractivity contribution in [1.29, 1.82) is 0 Å². The summed E-state index contributed by atoms with van der Waals surface area (Å²) in [5, 5.41) is 0. The molecular formula is C20H36S. The van der Waals surface area contributed by atoms with Crippen LogP contribution in [0.2, 0.25) is 0 Å². The van der Waals surface area contributed by atoms with Crippen molar-refractivity contribution in [3.8, 4) is 0 Å². The van der Waals surface area contributed by atoms with Gasteiger partial charge in [0.25, 0.3) is 0 Å². The van der Waals surface area contributed by atoms with E-state index in [1.165, 1.54) is 96.3 Å². The topological polar surface area (TPSA) is 0 Å². The van der Waals surface area contributed by atoms with Crippen molar-refractivity contribution in [2.75, 3.05) is 5.75 Å². The first-order valence-corrected chi connectivity index (χ1v) is 10.0. The first kappa shape index (κ1) is 18.9. The molecule has 0 amide bonds. The van der Waals surface area contributed by atoms with Crippen LogP contribution < -0.4 is 0 Å². The van der Waals surface area contributed by atoms with Gasteiger partial charge in [-0.25, -0.2) is 0 Å². The molecule has 0 aromatic heterocycles. The second-order valence-electron chi connectivity index (χ2n) is 6.53. The molecule has 1 aliphatic rings. The van der Waals surface area contributed by atoms with Crippen molar-refractivity contribution >= 4 is 12.6 Å². The monoisotopic (exact) mass is 308 g/mol. The molecule has 0 aromatic rings. The third kappa shape index (κ3) is 12.1. The minimum atomic E-state index is 1.06. The number of rotatable bonds is 15. The fourth-order valence-electron chi connectivity index (χ4n) is 3.09. The molecule has 0 nitrogen and oxygen atoms in total. The second-order valence-corrected chi connectivity index (χ2v) is 6.97. The quantitative estimate of drug-likeness (QED) is 0.239. The number of hydrogen-bond acceptors (Lipinski definition) is 1. The van der Waals surface area contributed by atoms with Crippen molar-refractivity contribution in [2.24, 2.45) is 0 Å². The van der Waals surface area contributed by atoms with Crippen LogP contribution in [0, 0.1) is 0 Å². The maximum absolute atomic E-state index is 4.25. The van der Waals surface area contributed by atoms with E-state index in [9.17, 15) is 0 Å². The van der Waals surface area contributed by atoms with Gasteiger partial charge in [-0.05, 0) is 31.4 Å². The summed E-state index contributed by atoms with van der Waals surface area (Å²) in [5.41, 5.74) is 1.64. The Morgan fingerprint density at radius 1 is 0.667 bits per heavy atom. The largest absolute Gasteiger partial charge is 0.179 e. The fourth-order valence-corrected chi connectivity index (χ4v) is 3.31. The summed E-state index contributed by atoms with van der Waals surface area (Å²) in [6, 6.07) is 0. The van der Waals surface area contributed by atoms with Crippen LogP contribution in [-0.2, 0) is 0 Å². The van der Waals surface area contributed by atoms with Crippen LogP contribution in [-0.4, -0.2) is 5.75 Å². The highest BCUT2D eigenvalue weighted by Crippen LogP contribution is 2.19. The van der Waals surface area contributed by atoms with E-state index in [0.29, 0.717) is 0 Å². The Kier molecular flexibility index (Phi) is 13.3. The van der Waals surface area contributed by atoms with E-state index in [4.69, 9.17) is 0 Å². The minimum absolute atomic E-state index is 1.06. The average molecular weight is 309 g/mol. The van der Waals surface area contributed by atoms with Crippen LogP contribution >= 0.6 is 12.6 Å². The summed E-state index contributed by atoms with van der Waals surface area (Å²) < 4.78 is 0. The third-order valence-corrected chi connectivity index (χ3v) is 4.82. The number of allylic oxidation sites excluding steroid dienone is 4. The van der Waals surface area contributed by atoms with Crippen LogP contribution in [0.25, 0.3) is 0 Å². The van der Waals surface area contributed by atoms with Crippen molar-refractivity contribution < 1.29 is 0 Å². The Bertz CT molecular complexity index is 278. The summed E-state index contributed by atoms with van der Waals surface area (Å²) in [7, 11) is 0. The van der Waals surface area contributed by atoms with Gasteiger partial charge in [-0.1, -0.05) is 94.4 Å².